The molecule has 0 fully saturated rings. The van der Waals surface area contributed by atoms with E-state index in [1.807, 2.05) is 6.92 Å². The molecule has 0 unspecified atom stereocenters. The Balaban J connectivity index is 3.06. The van der Waals surface area contributed by atoms with Crippen molar-refractivity contribution in [3.05, 3.63) is 0 Å². The molecule has 0 aliphatic heterocycles. The van der Waals surface area contributed by atoms with Crippen molar-refractivity contribution in [3.63, 3.8) is 0 Å². The Morgan fingerprint density at radius 2 is 2.11 bits per heavy atom. The minimum atomic E-state index is 0.180. The highest BCUT2D eigenvalue weighted by Gasteiger charge is 1.94. The zero-order valence-corrected chi connectivity index (χ0v) is 6.24. The standard InChI is InChI=1S/C7H15NO/c1-3-5-6-7(9)8-4-2/h3-6H2,1-2H3,(H,8,9). The van der Waals surface area contributed by atoms with Gasteiger partial charge in [0.2, 0.25) is 5.91 Å². The number of carbonyl (C=O) groups excluding carboxylic acids is 1. The van der Waals surface area contributed by atoms with Crippen molar-refractivity contribution in [1.29, 1.82) is 0 Å². The van der Waals surface area contributed by atoms with E-state index in [1.165, 1.54) is 0 Å². The fourth-order valence-electron chi connectivity index (χ4n) is 0.623. The number of hydrogen-bond donors (Lipinski definition) is 1. The summed E-state index contributed by atoms with van der Waals surface area (Å²) in [5, 5.41) is 2.74. The first-order valence-corrected chi connectivity index (χ1v) is 3.58. The average Bonchev–Trinajstić information content (AvgIpc) is 1.85. The maximum Gasteiger partial charge on any atom is 0.219 e. The van der Waals surface area contributed by atoms with E-state index in [4.69, 9.17) is 0 Å². The first-order chi connectivity index (χ1) is 4.31. The summed E-state index contributed by atoms with van der Waals surface area (Å²) >= 11 is 0. The van der Waals surface area contributed by atoms with Crippen molar-refractivity contribution in [2.24, 2.45) is 0 Å². The molecule has 0 saturated carbocycles. The van der Waals surface area contributed by atoms with Crippen LogP contribution in [-0.4, -0.2) is 12.5 Å². The first-order valence-electron chi connectivity index (χ1n) is 3.58. The Morgan fingerprint density at radius 3 is 2.56 bits per heavy atom. The van der Waals surface area contributed by atoms with Gasteiger partial charge >= 0.3 is 0 Å². The minimum Gasteiger partial charge on any atom is -0.356 e. The Labute approximate surface area is 56.6 Å². The minimum absolute atomic E-state index is 0.180. The van der Waals surface area contributed by atoms with Gasteiger partial charge in [-0.2, -0.15) is 0 Å². The molecule has 0 aromatic carbocycles. The molecule has 2 nitrogen and oxygen atoms in total. The molecular formula is C7H15NO. The van der Waals surface area contributed by atoms with Gasteiger partial charge < -0.3 is 5.32 Å². The predicted molar refractivity (Wildman–Crippen MR) is 38.2 cm³/mol. The molecule has 0 saturated heterocycles. The van der Waals surface area contributed by atoms with Gasteiger partial charge in [-0.25, -0.2) is 0 Å². The molecule has 0 aliphatic carbocycles. The third kappa shape index (κ3) is 5.34. The average molecular weight is 129 g/mol. The second kappa shape index (κ2) is 5.60. The summed E-state index contributed by atoms with van der Waals surface area (Å²) in [6.07, 6.45) is 2.79. The molecular weight excluding hydrogens is 114 g/mol. The van der Waals surface area contributed by atoms with Crippen LogP contribution >= 0.6 is 0 Å². The molecule has 9 heavy (non-hydrogen) atoms. The Morgan fingerprint density at radius 1 is 1.44 bits per heavy atom. The predicted octanol–water partition coefficient (Wildman–Crippen LogP) is 1.31. The monoisotopic (exact) mass is 129 g/mol. The Hall–Kier alpha value is -0.530. The van der Waals surface area contributed by atoms with Gasteiger partial charge in [0.1, 0.15) is 0 Å². The number of amides is 1. The maximum atomic E-state index is 10.7. The van der Waals surface area contributed by atoms with Crippen LogP contribution < -0.4 is 5.32 Å². The normalized spacial score (nSPS) is 9.11. The van der Waals surface area contributed by atoms with E-state index in [0.717, 1.165) is 19.4 Å². The van der Waals surface area contributed by atoms with Gasteiger partial charge in [-0.3, -0.25) is 4.79 Å². The quantitative estimate of drug-likeness (QED) is 0.609. The number of nitrogens with one attached hydrogen (secondary N) is 1. The van der Waals surface area contributed by atoms with Crippen molar-refractivity contribution < 1.29 is 4.79 Å². The number of rotatable bonds is 4. The van der Waals surface area contributed by atoms with Crippen molar-refractivity contribution in [2.75, 3.05) is 6.54 Å². The summed E-state index contributed by atoms with van der Waals surface area (Å²) in [5.41, 5.74) is 0. The fraction of sp³-hybridized carbons (Fsp3) is 0.857. The number of hydrogen-bond acceptors (Lipinski definition) is 1. The van der Waals surface area contributed by atoms with Crippen molar-refractivity contribution in [2.45, 2.75) is 33.1 Å². The van der Waals surface area contributed by atoms with E-state index < -0.39 is 0 Å². The molecule has 2 heteroatoms. The molecule has 0 atom stereocenters. The van der Waals surface area contributed by atoms with Crippen LogP contribution in [0.5, 0.6) is 0 Å². The molecule has 0 spiro atoms. The van der Waals surface area contributed by atoms with Crippen LogP contribution in [0.1, 0.15) is 33.1 Å². The van der Waals surface area contributed by atoms with E-state index in [0.29, 0.717) is 6.42 Å². The van der Waals surface area contributed by atoms with Crippen molar-refractivity contribution in [3.8, 4) is 0 Å². The summed E-state index contributed by atoms with van der Waals surface area (Å²) < 4.78 is 0. The van der Waals surface area contributed by atoms with Crippen LogP contribution in [0.4, 0.5) is 0 Å². The molecule has 0 heterocycles. The zero-order chi connectivity index (χ0) is 7.11. The van der Waals surface area contributed by atoms with Gasteiger partial charge in [0.25, 0.3) is 0 Å². The first kappa shape index (κ1) is 8.47. The molecule has 0 aromatic rings. The van der Waals surface area contributed by atoms with Gasteiger partial charge in [-0.1, -0.05) is 13.3 Å². The van der Waals surface area contributed by atoms with Gasteiger partial charge in [0.05, 0.1) is 0 Å². The molecule has 0 aromatic heterocycles. The summed E-state index contributed by atoms with van der Waals surface area (Å²) in [5.74, 6) is 0.180. The summed E-state index contributed by atoms with van der Waals surface area (Å²) in [7, 11) is 0. The lowest BCUT2D eigenvalue weighted by Gasteiger charge is -1.98. The van der Waals surface area contributed by atoms with E-state index in [-0.39, 0.29) is 5.91 Å². The highest BCUT2D eigenvalue weighted by atomic mass is 16.1. The van der Waals surface area contributed by atoms with Crippen molar-refractivity contribution in [1.82, 2.24) is 5.32 Å². The molecule has 0 radical (unpaired) electrons. The van der Waals surface area contributed by atoms with Gasteiger partial charge in [0.15, 0.2) is 0 Å². The lowest BCUT2D eigenvalue weighted by Crippen LogP contribution is -2.21. The topological polar surface area (TPSA) is 29.1 Å². The third-order valence-electron chi connectivity index (χ3n) is 1.13. The maximum absolute atomic E-state index is 10.7. The van der Waals surface area contributed by atoms with Crippen LogP contribution in [-0.2, 0) is 4.79 Å². The van der Waals surface area contributed by atoms with Crippen LogP contribution in [0.25, 0.3) is 0 Å². The second-order valence-electron chi connectivity index (χ2n) is 2.06. The smallest absolute Gasteiger partial charge is 0.219 e. The SMILES string of the molecule is CCCCC(=O)NCC. The molecule has 0 rings (SSSR count). The molecule has 1 amide bonds. The van der Waals surface area contributed by atoms with Crippen LogP contribution in [0.3, 0.4) is 0 Å². The summed E-state index contributed by atoms with van der Waals surface area (Å²) in [6, 6.07) is 0. The van der Waals surface area contributed by atoms with Crippen LogP contribution in [0.15, 0.2) is 0 Å². The second-order valence-corrected chi connectivity index (χ2v) is 2.06. The largest absolute Gasteiger partial charge is 0.356 e. The van der Waals surface area contributed by atoms with E-state index in [2.05, 4.69) is 12.2 Å². The number of carbonyl (C=O) groups is 1. The molecule has 0 bridgehead atoms. The highest BCUT2D eigenvalue weighted by molar-refractivity contribution is 5.75. The third-order valence-corrected chi connectivity index (χ3v) is 1.13. The summed E-state index contributed by atoms with van der Waals surface area (Å²) in [4.78, 5) is 10.7. The van der Waals surface area contributed by atoms with E-state index >= 15 is 0 Å². The van der Waals surface area contributed by atoms with Crippen LogP contribution in [0, 0.1) is 0 Å². The lowest BCUT2D eigenvalue weighted by molar-refractivity contribution is -0.121. The van der Waals surface area contributed by atoms with Gasteiger partial charge in [-0.05, 0) is 13.3 Å². The lowest BCUT2D eigenvalue weighted by atomic mass is 10.2. The molecule has 1 N–H and O–H groups in total. The fourth-order valence-corrected chi connectivity index (χ4v) is 0.623. The number of unbranched alkanes of at least 4 members (excludes halogenated alkanes) is 1. The van der Waals surface area contributed by atoms with Crippen molar-refractivity contribution >= 4 is 5.91 Å². The van der Waals surface area contributed by atoms with Crippen LogP contribution in [0.2, 0.25) is 0 Å². The molecule has 0 aliphatic rings. The Kier molecular flexibility index (Phi) is 5.27. The molecule has 54 valence electrons. The zero-order valence-electron chi connectivity index (χ0n) is 6.24. The summed E-state index contributed by atoms with van der Waals surface area (Å²) in [6.45, 7) is 4.77. The van der Waals surface area contributed by atoms with E-state index in [9.17, 15) is 4.79 Å². The van der Waals surface area contributed by atoms with Gasteiger partial charge in [0, 0.05) is 13.0 Å². The van der Waals surface area contributed by atoms with E-state index in [1.54, 1.807) is 0 Å². The highest BCUT2D eigenvalue weighted by Crippen LogP contribution is 1.91. The van der Waals surface area contributed by atoms with Gasteiger partial charge in [-0.15, -0.1) is 0 Å². The Bertz CT molecular complexity index is 81.0.